The Labute approximate surface area is 125 Å². The van der Waals surface area contributed by atoms with E-state index in [0.29, 0.717) is 11.7 Å². The van der Waals surface area contributed by atoms with Crippen molar-refractivity contribution in [2.24, 2.45) is 5.84 Å². The first-order valence-corrected chi connectivity index (χ1v) is 7.18. The number of hydrogen-bond donors (Lipinski definition) is 2. The van der Waals surface area contributed by atoms with Gasteiger partial charge in [-0.2, -0.15) is 0 Å². The van der Waals surface area contributed by atoms with Crippen molar-refractivity contribution in [3.05, 3.63) is 53.1 Å². The van der Waals surface area contributed by atoms with E-state index in [1.165, 1.54) is 11.3 Å². The van der Waals surface area contributed by atoms with Crippen molar-refractivity contribution in [1.29, 1.82) is 0 Å². The summed E-state index contributed by atoms with van der Waals surface area (Å²) in [5.74, 6) is 6.16. The fourth-order valence-electron chi connectivity index (χ4n) is 1.80. The molecule has 0 bridgehead atoms. The number of nitrogens with one attached hydrogen (secondary N) is 1. The molecule has 102 valence electrons. The fraction of sp³-hybridized carbons (Fsp3) is 0.0714. The van der Waals surface area contributed by atoms with Crippen LogP contribution in [0.3, 0.4) is 0 Å². The summed E-state index contributed by atoms with van der Waals surface area (Å²) >= 11 is 7.34. The maximum atomic E-state index is 5.85. The van der Waals surface area contributed by atoms with E-state index < -0.39 is 0 Å². The van der Waals surface area contributed by atoms with Crippen LogP contribution in [0.15, 0.2) is 42.5 Å². The molecule has 1 heterocycles. The molecule has 4 nitrogen and oxygen atoms in total. The van der Waals surface area contributed by atoms with Gasteiger partial charge in [-0.15, -0.1) is 0 Å². The van der Waals surface area contributed by atoms with Gasteiger partial charge in [-0.3, -0.25) is 5.43 Å². The molecular weight excluding hydrogens is 294 g/mol. The lowest BCUT2D eigenvalue weighted by atomic mass is 10.2. The zero-order chi connectivity index (χ0) is 13.9. The molecule has 0 spiro atoms. The summed E-state index contributed by atoms with van der Waals surface area (Å²) in [6.45, 7) is 0.503. The number of nitrogens with two attached hydrogens (primary N) is 1. The van der Waals surface area contributed by atoms with E-state index in [0.717, 1.165) is 26.6 Å². The minimum absolute atomic E-state index is 0.503. The standard InChI is InChI=1S/C14H12ClN3OS/c15-10-3-1-9(2-4-10)8-19-11-5-6-12-13(7-11)20-14(17-12)18-16/h1-7H,8,16H2,(H,17,18). The summed E-state index contributed by atoms with van der Waals surface area (Å²) in [5, 5.41) is 1.41. The second-order valence-corrected chi connectivity index (χ2v) is 5.68. The lowest BCUT2D eigenvalue weighted by molar-refractivity contribution is 0.306. The molecule has 0 aliphatic heterocycles. The van der Waals surface area contributed by atoms with Crippen molar-refractivity contribution < 1.29 is 4.74 Å². The Morgan fingerprint density at radius 2 is 2.00 bits per heavy atom. The summed E-state index contributed by atoms with van der Waals surface area (Å²) in [4.78, 5) is 4.31. The molecule has 0 atom stereocenters. The number of aromatic nitrogens is 1. The van der Waals surface area contributed by atoms with E-state index in [1.807, 2.05) is 42.5 Å². The molecule has 0 unspecified atom stereocenters. The minimum atomic E-state index is 0.503. The zero-order valence-electron chi connectivity index (χ0n) is 10.5. The highest BCUT2D eigenvalue weighted by Gasteiger charge is 2.04. The van der Waals surface area contributed by atoms with Gasteiger partial charge in [0.1, 0.15) is 12.4 Å². The topological polar surface area (TPSA) is 60.2 Å². The monoisotopic (exact) mass is 305 g/mol. The van der Waals surface area contributed by atoms with Gasteiger partial charge in [0, 0.05) is 5.02 Å². The molecule has 0 saturated carbocycles. The number of hydrogen-bond acceptors (Lipinski definition) is 5. The van der Waals surface area contributed by atoms with Crippen molar-refractivity contribution in [1.82, 2.24) is 4.98 Å². The van der Waals surface area contributed by atoms with Crippen LogP contribution in [0.4, 0.5) is 5.13 Å². The molecule has 3 aromatic rings. The number of nitrogen functional groups attached to an aromatic ring is 1. The van der Waals surface area contributed by atoms with Gasteiger partial charge in [0.15, 0.2) is 5.13 Å². The minimum Gasteiger partial charge on any atom is -0.489 e. The van der Waals surface area contributed by atoms with Crippen LogP contribution in [0, 0.1) is 0 Å². The summed E-state index contributed by atoms with van der Waals surface area (Å²) in [6.07, 6.45) is 0. The van der Waals surface area contributed by atoms with Gasteiger partial charge >= 0.3 is 0 Å². The van der Waals surface area contributed by atoms with Crippen molar-refractivity contribution in [2.45, 2.75) is 6.61 Å². The number of halogens is 1. The Hall–Kier alpha value is -1.82. The molecule has 0 fully saturated rings. The van der Waals surface area contributed by atoms with Crippen molar-refractivity contribution >= 4 is 38.3 Å². The van der Waals surface area contributed by atoms with Gasteiger partial charge in [0.25, 0.3) is 0 Å². The van der Waals surface area contributed by atoms with Crippen LogP contribution in [0.5, 0.6) is 5.75 Å². The van der Waals surface area contributed by atoms with Gasteiger partial charge in [-0.05, 0) is 35.9 Å². The first kappa shape index (κ1) is 13.2. The van der Waals surface area contributed by atoms with Crippen molar-refractivity contribution in [3.8, 4) is 5.75 Å². The van der Waals surface area contributed by atoms with Gasteiger partial charge in [0.2, 0.25) is 0 Å². The molecule has 0 saturated heterocycles. The predicted molar refractivity (Wildman–Crippen MR) is 83.2 cm³/mol. The molecule has 0 radical (unpaired) electrons. The summed E-state index contributed by atoms with van der Waals surface area (Å²) in [7, 11) is 0. The first-order chi connectivity index (χ1) is 9.74. The van der Waals surface area contributed by atoms with Crippen LogP contribution in [0.25, 0.3) is 10.2 Å². The van der Waals surface area contributed by atoms with Crippen LogP contribution in [-0.2, 0) is 6.61 Å². The average Bonchev–Trinajstić information content (AvgIpc) is 2.89. The fourth-order valence-corrected chi connectivity index (χ4v) is 2.73. The first-order valence-electron chi connectivity index (χ1n) is 5.99. The van der Waals surface area contributed by atoms with E-state index in [4.69, 9.17) is 22.2 Å². The quantitative estimate of drug-likeness (QED) is 0.568. The highest BCUT2D eigenvalue weighted by atomic mass is 35.5. The van der Waals surface area contributed by atoms with E-state index in [1.54, 1.807) is 0 Å². The summed E-state index contributed by atoms with van der Waals surface area (Å²) in [6, 6.07) is 13.4. The zero-order valence-corrected chi connectivity index (χ0v) is 12.0. The molecule has 6 heteroatoms. The average molecular weight is 306 g/mol. The van der Waals surface area contributed by atoms with Crippen LogP contribution in [0.2, 0.25) is 5.02 Å². The molecule has 3 rings (SSSR count). The smallest absolute Gasteiger partial charge is 0.198 e. The molecule has 0 aliphatic rings. The highest BCUT2D eigenvalue weighted by Crippen LogP contribution is 2.29. The number of rotatable bonds is 4. The number of nitrogens with zero attached hydrogens (tertiary/aromatic N) is 1. The van der Waals surface area contributed by atoms with E-state index in [2.05, 4.69) is 10.4 Å². The second kappa shape index (κ2) is 5.66. The highest BCUT2D eigenvalue weighted by molar-refractivity contribution is 7.22. The molecule has 3 N–H and O–H groups in total. The Morgan fingerprint density at radius 1 is 1.20 bits per heavy atom. The lowest BCUT2D eigenvalue weighted by Gasteiger charge is -2.06. The van der Waals surface area contributed by atoms with Crippen molar-refractivity contribution in [3.63, 3.8) is 0 Å². The third kappa shape index (κ3) is 2.85. The summed E-state index contributed by atoms with van der Waals surface area (Å²) < 4.78 is 6.80. The Bertz CT molecular complexity index is 727. The van der Waals surface area contributed by atoms with Crippen LogP contribution in [-0.4, -0.2) is 4.98 Å². The number of thiazole rings is 1. The Kier molecular flexibility index (Phi) is 3.73. The Morgan fingerprint density at radius 3 is 2.75 bits per heavy atom. The Balaban J connectivity index is 1.75. The van der Waals surface area contributed by atoms with Gasteiger partial charge < -0.3 is 4.74 Å². The molecule has 0 amide bonds. The van der Waals surface area contributed by atoms with E-state index in [9.17, 15) is 0 Å². The third-order valence-electron chi connectivity index (χ3n) is 2.80. The largest absolute Gasteiger partial charge is 0.489 e. The van der Waals surface area contributed by atoms with Gasteiger partial charge in [-0.25, -0.2) is 10.8 Å². The molecule has 0 aliphatic carbocycles. The maximum absolute atomic E-state index is 5.85. The molecule has 2 aromatic carbocycles. The number of ether oxygens (including phenoxy) is 1. The van der Waals surface area contributed by atoms with Crippen LogP contribution >= 0.6 is 22.9 Å². The molecule has 1 aromatic heterocycles. The van der Waals surface area contributed by atoms with E-state index in [-0.39, 0.29) is 0 Å². The summed E-state index contributed by atoms with van der Waals surface area (Å²) in [5.41, 5.74) is 4.53. The SMILES string of the molecule is NNc1nc2ccc(OCc3ccc(Cl)cc3)cc2s1. The van der Waals surface area contributed by atoms with Gasteiger partial charge in [0.05, 0.1) is 10.2 Å². The third-order valence-corrected chi connectivity index (χ3v) is 4.00. The molecule has 20 heavy (non-hydrogen) atoms. The number of hydrazine groups is 1. The molecular formula is C14H12ClN3OS. The van der Waals surface area contributed by atoms with E-state index >= 15 is 0 Å². The number of benzene rings is 2. The number of fused-ring (bicyclic) bond motifs is 1. The maximum Gasteiger partial charge on any atom is 0.198 e. The predicted octanol–water partition coefficient (Wildman–Crippen LogP) is 3.81. The van der Waals surface area contributed by atoms with Gasteiger partial charge in [-0.1, -0.05) is 35.1 Å². The normalized spacial score (nSPS) is 10.7. The number of anilines is 1. The van der Waals surface area contributed by atoms with Crippen LogP contribution in [0.1, 0.15) is 5.56 Å². The lowest BCUT2D eigenvalue weighted by Crippen LogP contribution is -2.05. The van der Waals surface area contributed by atoms with Crippen LogP contribution < -0.4 is 16.0 Å². The van der Waals surface area contributed by atoms with Crippen molar-refractivity contribution in [2.75, 3.05) is 5.43 Å². The second-order valence-electron chi connectivity index (χ2n) is 4.21.